The first-order valence-electron chi connectivity index (χ1n) is 5.47. The molecule has 0 unspecified atom stereocenters. The Morgan fingerprint density at radius 1 is 1.06 bits per heavy atom. The SMILES string of the molecule is Cc1cccc(-c2ccc(OC(F)F)c(N)c2)c1. The summed E-state index contributed by atoms with van der Waals surface area (Å²) in [6, 6.07) is 12.7. The van der Waals surface area contributed by atoms with Gasteiger partial charge in [-0.25, -0.2) is 0 Å². The lowest BCUT2D eigenvalue weighted by atomic mass is 10.0. The molecule has 0 heterocycles. The highest BCUT2D eigenvalue weighted by atomic mass is 19.3. The third kappa shape index (κ3) is 2.77. The number of ether oxygens (including phenoxy) is 1. The maximum Gasteiger partial charge on any atom is 0.387 e. The van der Waals surface area contributed by atoms with Crippen LogP contribution >= 0.6 is 0 Å². The normalized spacial score (nSPS) is 10.7. The van der Waals surface area contributed by atoms with Gasteiger partial charge in [0.05, 0.1) is 5.69 Å². The molecule has 94 valence electrons. The van der Waals surface area contributed by atoms with Gasteiger partial charge in [0.25, 0.3) is 0 Å². The van der Waals surface area contributed by atoms with E-state index in [1.807, 2.05) is 31.2 Å². The standard InChI is InChI=1S/C14H13F2NO/c1-9-3-2-4-10(7-9)11-5-6-13(12(17)8-11)18-14(15)16/h2-8,14H,17H2,1H3. The van der Waals surface area contributed by atoms with Crippen LogP contribution in [0.2, 0.25) is 0 Å². The maximum atomic E-state index is 12.1. The Bertz CT molecular complexity index is 555. The Balaban J connectivity index is 2.34. The second-order valence-electron chi connectivity index (χ2n) is 4.00. The zero-order chi connectivity index (χ0) is 13.1. The molecule has 0 aliphatic heterocycles. The number of nitrogens with two attached hydrogens (primary N) is 1. The number of aryl methyl sites for hydroxylation is 1. The molecule has 2 rings (SSSR count). The monoisotopic (exact) mass is 249 g/mol. The number of nitrogen functional groups attached to an aromatic ring is 1. The van der Waals surface area contributed by atoms with E-state index in [4.69, 9.17) is 5.73 Å². The van der Waals surface area contributed by atoms with Crippen molar-refractivity contribution in [2.24, 2.45) is 0 Å². The first-order valence-corrected chi connectivity index (χ1v) is 5.47. The van der Waals surface area contributed by atoms with E-state index in [0.29, 0.717) is 0 Å². The Labute approximate surface area is 104 Å². The lowest BCUT2D eigenvalue weighted by Crippen LogP contribution is -2.04. The molecule has 18 heavy (non-hydrogen) atoms. The number of alkyl halides is 2. The minimum atomic E-state index is -2.86. The molecule has 0 saturated carbocycles. The lowest BCUT2D eigenvalue weighted by Gasteiger charge is -2.10. The first kappa shape index (κ1) is 12.4. The smallest absolute Gasteiger partial charge is 0.387 e. The third-order valence-corrected chi connectivity index (χ3v) is 2.58. The molecular weight excluding hydrogens is 236 g/mol. The summed E-state index contributed by atoms with van der Waals surface area (Å²) in [5.74, 6) is 0.00130. The molecule has 0 bridgehead atoms. The van der Waals surface area contributed by atoms with E-state index in [-0.39, 0.29) is 11.4 Å². The van der Waals surface area contributed by atoms with E-state index in [0.717, 1.165) is 16.7 Å². The van der Waals surface area contributed by atoms with Gasteiger partial charge in [0.1, 0.15) is 5.75 Å². The summed E-state index contributed by atoms with van der Waals surface area (Å²) in [5, 5.41) is 0. The molecule has 0 aliphatic rings. The van der Waals surface area contributed by atoms with Crippen LogP contribution < -0.4 is 10.5 Å². The van der Waals surface area contributed by atoms with Gasteiger partial charge >= 0.3 is 6.61 Å². The van der Waals surface area contributed by atoms with Crippen molar-refractivity contribution in [3.05, 3.63) is 48.0 Å². The van der Waals surface area contributed by atoms with Crippen LogP contribution in [0.25, 0.3) is 11.1 Å². The predicted molar refractivity (Wildman–Crippen MR) is 67.7 cm³/mol. The van der Waals surface area contributed by atoms with Crippen LogP contribution in [0, 0.1) is 6.92 Å². The summed E-state index contributed by atoms with van der Waals surface area (Å²) in [6.45, 7) is -0.877. The summed E-state index contributed by atoms with van der Waals surface area (Å²) in [4.78, 5) is 0. The fourth-order valence-electron chi connectivity index (χ4n) is 1.76. The number of benzene rings is 2. The second kappa shape index (κ2) is 5.04. The fraction of sp³-hybridized carbons (Fsp3) is 0.143. The molecule has 2 N–H and O–H groups in total. The van der Waals surface area contributed by atoms with Gasteiger partial charge in [-0.05, 0) is 30.2 Å². The molecule has 2 nitrogen and oxygen atoms in total. The van der Waals surface area contributed by atoms with Crippen molar-refractivity contribution in [3.8, 4) is 16.9 Å². The number of hydrogen-bond acceptors (Lipinski definition) is 2. The summed E-state index contributed by atoms with van der Waals surface area (Å²) >= 11 is 0. The van der Waals surface area contributed by atoms with Crippen LogP contribution in [0.1, 0.15) is 5.56 Å². The van der Waals surface area contributed by atoms with Crippen LogP contribution in [0.15, 0.2) is 42.5 Å². The minimum absolute atomic E-state index is 0.00130. The molecule has 0 radical (unpaired) electrons. The van der Waals surface area contributed by atoms with Gasteiger partial charge in [0.2, 0.25) is 0 Å². The minimum Gasteiger partial charge on any atom is -0.433 e. The summed E-state index contributed by atoms with van der Waals surface area (Å²) in [6.07, 6.45) is 0. The molecule has 0 spiro atoms. The van der Waals surface area contributed by atoms with E-state index >= 15 is 0 Å². The lowest BCUT2D eigenvalue weighted by molar-refractivity contribution is -0.0493. The van der Waals surface area contributed by atoms with E-state index < -0.39 is 6.61 Å². The predicted octanol–water partition coefficient (Wildman–Crippen LogP) is 3.85. The third-order valence-electron chi connectivity index (χ3n) is 2.58. The maximum absolute atomic E-state index is 12.1. The van der Waals surface area contributed by atoms with Crippen molar-refractivity contribution >= 4 is 5.69 Å². The molecule has 2 aromatic rings. The van der Waals surface area contributed by atoms with Crippen LogP contribution in [-0.4, -0.2) is 6.61 Å². The molecule has 0 fully saturated rings. The highest BCUT2D eigenvalue weighted by Crippen LogP contribution is 2.29. The average Bonchev–Trinajstić information content (AvgIpc) is 2.31. The van der Waals surface area contributed by atoms with Crippen molar-refractivity contribution in [1.29, 1.82) is 0 Å². The van der Waals surface area contributed by atoms with Gasteiger partial charge in [0.15, 0.2) is 0 Å². The fourth-order valence-corrected chi connectivity index (χ4v) is 1.76. The molecule has 0 aliphatic carbocycles. The van der Waals surface area contributed by atoms with E-state index in [1.165, 1.54) is 6.07 Å². The van der Waals surface area contributed by atoms with Gasteiger partial charge in [-0.1, -0.05) is 35.9 Å². The molecular formula is C14H13F2NO. The Hall–Kier alpha value is -2.10. The number of halogens is 2. The average molecular weight is 249 g/mol. The van der Waals surface area contributed by atoms with E-state index in [1.54, 1.807) is 12.1 Å². The Morgan fingerprint density at radius 2 is 1.78 bits per heavy atom. The molecule has 0 atom stereocenters. The van der Waals surface area contributed by atoms with Crippen molar-refractivity contribution in [2.45, 2.75) is 13.5 Å². The van der Waals surface area contributed by atoms with Gasteiger partial charge in [-0.2, -0.15) is 8.78 Å². The quantitative estimate of drug-likeness (QED) is 0.838. The molecule has 0 amide bonds. The topological polar surface area (TPSA) is 35.2 Å². The number of hydrogen-bond donors (Lipinski definition) is 1. The van der Waals surface area contributed by atoms with Gasteiger partial charge in [-0.3, -0.25) is 0 Å². The summed E-state index contributed by atoms with van der Waals surface area (Å²) < 4.78 is 28.5. The van der Waals surface area contributed by atoms with Crippen molar-refractivity contribution < 1.29 is 13.5 Å². The second-order valence-corrected chi connectivity index (χ2v) is 4.00. The number of anilines is 1. The van der Waals surface area contributed by atoms with Gasteiger partial charge in [-0.15, -0.1) is 0 Å². The van der Waals surface area contributed by atoms with E-state index in [9.17, 15) is 8.78 Å². The highest BCUT2D eigenvalue weighted by Gasteiger charge is 2.08. The van der Waals surface area contributed by atoms with Crippen LogP contribution in [0.3, 0.4) is 0 Å². The first-order chi connectivity index (χ1) is 8.56. The highest BCUT2D eigenvalue weighted by molar-refractivity contribution is 5.71. The molecule has 2 aromatic carbocycles. The van der Waals surface area contributed by atoms with Crippen molar-refractivity contribution in [2.75, 3.05) is 5.73 Å². The van der Waals surface area contributed by atoms with Gasteiger partial charge in [0, 0.05) is 0 Å². The van der Waals surface area contributed by atoms with Crippen LogP contribution in [-0.2, 0) is 0 Å². The van der Waals surface area contributed by atoms with Gasteiger partial charge < -0.3 is 10.5 Å². The molecule has 0 saturated heterocycles. The number of rotatable bonds is 3. The van der Waals surface area contributed by atoms with Crippen molar-refractivity contribution in [1.82, 2.24) is 0 Å². The van der Waals surface area contributed by atoms with Crippen molar-refractivity contribution in [3.63, 3.8) is 0 Å². The molecule has 4 heteroatoms. The zero-order valence-corrected chi connectivity index (χ0v) is 9.86. The Morgan fingerprint density at radius 3 is 2.39 bits per heavy atom. The van der Waals surface area contributed by atoms with E-state index in [2.05, 4.69) is 4.74 Å². The summed E-state index contributed by atoms with van der Waals surface area (Å²) in [7, 11) is 0. The zero-order valence-electron chi connectivity index (χ0n) is 9.86. The molecule has 0 aromatic heterocycles. The Kier molecular flexibility index (Phi) is 3.46. The van der Waals surface area contributed by atoms with Crippen LogP contribution in [0.5, 0.6) is 5.75 Å². The van der Waals surface area contributed by atoms with Crippen LogP contribution in [0.4, 0.5) is 14.5 Å². The largest absolute Gasteiger partial charge is 0.433 e. The summed E-state index contributed by atoms with van der Waals surface area (Å²) in [5.41, 5.74) is 8.88.